The van der Waals surface area contributed by atoms with E-state index in [0.717, 1.165) is 19.3 Å². The number of carbonyl (C=O) groups excluding carboxylic acids is 2. The Morgan fingerprint density at radius 3 is 2.75 bits per heavy atom. The Morgan fingerprint density at radius 1 is 1.40 bits per heavy atom. The number of aliphatic hydroxyl groups excluding tert-OH is 1. The molecule has 2 fully saturated rings. The molecule has 0 radical (unpaired) electrons. The quantitative estimate of drug-likeness (QED) is 0.474. The van der Waals surface area contributed by atoms with Gasteiger partial charge in [-0.05, 0) is 49.9 Å². The summed E-state index contributed by atoms with van der Waals surface area (Å²) in [6, 6.07) is 0. The number of hydrogen-bond acceptors (Lipinski definition) is 5. The minimum absolute atomic E-state index is 0.100. The van der Waals surface area contributed by atoms with E-state index in [9.17, 15) is 9.59 Å². The average molecular weight is 284 g/mol. The van der Waals surface area contributed by atoms with Crippen molar-refractivity contribution >= 4 is 12.4 Å². The van der Waals surface area contributed by atoms with Gasteiger partial charge in [0.25, 0.3) is 6.47 Å². The maximum Gasteiger partial charge on any atom is 0.314 e. The van der Waals surface area contributed by atoms with Crippen LogP contribution in [0.1, 0.15) is 46.0 Å². The van der Waals surface area contributed by atoms with Crippen molar-refractivity contribution in [1.82, 2.24) is 0 Å². The Kier molecular flexibility index (Phi) is 4.68. The Morgan fingerprint density at radius 2 is 2.15 bits per heavy atom. The first kappa shape index (κ1) is 15.3. The Balaban J connectivity index is 2.19. The zero-order valence-corrected chi connectivity index (χ0v) is 12.2. The molecule has 20 heavy (non-hydrogen) atoms. The van der Waals surface area contributed by atoms with Crippen LogP contribution in [0.15, 0.2) is 0 Å². The van der Waals surface area contributed by atoms with Crippen LogP contribution >= 0.6 is 0 Å². The molecule has 5 atom stereocenters. The second-order valence-electron chi connectivity index (χ2n) is 6.37. The molecule has 5 unspecified atom stereocenters. The summed E-state index contributed by atoms with van der Waals surface area (Å²) in [6.45, 7) is 4.05. The summed E-state index contributed by atoms with van der Waals surface area (Å²) in [5.74, 6) is 0.722. The number of aliphatic hydroxyl groups is 1. The van der Waals surface area contributed by atoms with Gasteiger partial charge in [-0.3, -0.25) is 9.59 Å². The molecule has 1 N–H and O–H groups in total. The van der Waals surface area contributed by atoms with Gasteiger partial charge in [0.2, 0.25) is 0 Å². The van der Waals surface area contributed by atoms with Gasteiger partial charge in [-0.2, -0.15) is 0 Å². The summed E-state index contributed by atoms with van der Waals surface area (Å²) in [7, 11) is 0. The van der Waals surface area contributed by atoms with E-state index in [0.29, 0.717) is 31.1 Å². The van der Waals surface area contributed by atoms with E-state index in [1.165, 1.54) is 0 Å². The predicted molar refractivity (Wildman–Crippen MR) is 71.5 cm³/mol. The summed E-state index contributed by atoms with van der Waals surface area (Å²) in [4.78, 5) is 22.9. The molecule has 2 bridgehead atoms. The minimum Gasteiger partial charge on any atom is -0.464 e. The topological polar surface area (TPSA) is 72.8 Å². The van der Waals surface area contributed by atoms with Crippen molar-refractivity contribution < 1.29 is 24.2 Å². The van der Waals surface area contributed by atoms with Gasteiger partial charge in [-0.1, -0.05) is 13.8 Å². The Bertz CT molecular complexity index is 367. The van der Waals surface area contributed by atoms with Gasteiger partial charge in [0.15, 0.2) is 6.79 Å². The summed E-state index contributed by atoms with van der Waals surface area (Å²) in [5.41, 5.74) is -0.527. The van der Waals surface area contributed by atoms with Gasteiger partial charge < -0.3 is 14.6 Å². The molecule has 0 amide bonds. The van der Waals surface area contributed by atoms with E-state index >= 15 is 0 Å². The van der Waals surface area contributed by atoms with Crippen LogP contribution in [-0.2, 0) is 19.1 Å². The van der Waals surface area contributed by atoms with Crippen molar-refractivity contribution in [3.8, 4) is 0 Å². The molecule has 0 saturated heterocycles. The second-order valence-corrected chi connectivity index (χ2v) is 6.37. The molecule has 0 aromatic carbocycles. The van der Waals surface area contributed by atoms with Gasteiger partial charge in [0.1, 0.15) is 6.10 Å². The lowest BCUT2D eigenvalue weighted by molar-refractivity contribution is -0.175. The van der Waals surface area contributed by atoms with Crippen LogP contribution in [0, 0.1) is 23.2 Å². The van der Waals surface area contributed by atoms with Crippen LogP contribution in [0.25, 0.3) is 0 Å². The number of esters is 1. The summed E-state index contributed by atoms with van der Waals surface area (Å²) >= 11 is 0. The summed E-state index contributed by atoms with van der Waals surface area (Å²) < 4.78 is 10.1. The highest BCUT2D eigenvalue weighted by Crippen LogP contribution is 2.53. The zero-order chi connectivity index (χ0) is 14.8. The van der Waals surface area contributed by atoms with Crippen molar-refractivity contribution in [3.05, 3.63) is 0 Å². The Hall–Kier alpha value is -1.10. The van der Waals surface area contributed by atoms with Gasteiger partial charge in [0.05, 0.1) is 5.41 Å². The third kappa shape index (κ3) is 2.68. The van der Waals surface area contributed by atoms with E-state index < -0.39 is 12.2 Å². The monoisotopic (exact) mass is 284 g/mol. The molecule has 0 aromatic heterocycles. The largest absolute Gasteiger partial charge is 0.464 e. The lowest BCUT2D eigenvalue weighted by Crippen LogP contribution is -2.49. The lowest BCUT2D eigenvalue weighted by atomic mass is 9.57. The van der Waals surface area contributed by atoms with Crippen LogP contribution < -0.4 is 0 Å². The van der Waals surface area contributed by atoms with E-state index in [2.05, 4.69) is 6.92 Å². The summed E-state index contributed by atoms with van der Waals surface area (Å²) in [6.07, 6.45) is 4.08. The normalized spacial score (nSPS) is 40.0. The molecule has 0 spiro atoms. The number of hydrogen-bond donors (Lipinski definition) is 1. The minimum atomic E-state index is -0.569. The highest BCUT2D eigenvalue weighted by Gasteiger charge is 2.51. The molecule has 0 aromatic rings. The van der Waals surface area contributed by atoms with Gasteiger partial charge >= 0.3 is 5.97 Å². The van der Waals surface area contributed by atoms with Crippen molar-refractivity contribution in [3.63, 3.8) is 0 Å². The molecule has 2 rings (SSSR count). The fourth-order valence-electron chi connectivity index (χ4n) is 4.41. The number of carbonyl (C=O) groups is 2. The first-order chi connectivity index (χ1) is 9.56. The predicted octanol–water partition coefficient (Wildman–Crippen LogP) is 1.87. The van der Waals surface area contributed by atoms with Crippen LogP contribution in [0.4, 0.5) is 0 Å². The number of fused-ring (bicyclic) bond motifs is 2. The number of ether oxygens (including phenoxy) is 2. The summed E-state index contributed by atoms with van der Waals surface area (Å²) in [5, 5.41) is 8.84. The van der Waals surface area contributed by atoms with Crippen molar-refractivity contribution in [2.75, 3.05) is 6.79 Å². The van der Waals surface area contributed by atoms with Gasteiger partial charge in [-0.15, -0.1) is 0 Å². The highest BCUT2D eigenvalue weighted by atomic mass is 16.6. The average Bonchev–Trinajstić information content (AvgIpc) is 2.43. The maximum absolute atomic E-state index is 12.2. The van der Waals surface area contributed by atoms with Gasteiger partial charge in [-0.25, -0.2) is 0 Å². The fraction of sp³-hybridized carbons (Fsp3) is 0.867. The molecular formula is C15H24O5. The standard InChI is InChI=1S/C15H24O5/c1-3-15(14(18)20-9-17)6-11-4-10(2)13(19-8-16)12(5-11)7-15/h8,10-13,17H,3-7,9H2,1-2H3. The van der Waals surface area contributed by atoms with E-state index in [-0.39, 0.29) is 18.0 Å². The molecule has 0 heterocycles. The van der Waals surface area contributed by atoms with Crippen LogP contribution in [0.3, 0.4) is 0 Å². The SMILES string of the molecule is CCC1(C(=O)OCO)CC2CC(C)C(OC=O)C(C2)C1. The molecule has 5 heteroatoms. The van der Waals surface area contributed by atoms with Crippen LogP contribution in [0.5, 0.6) is 0 Å². The molecule has 0 aliphatic heterocycles. The fourth-order valence-corrected chi connectivity index (χ4v) is 4.41. The molecule has 5 nitrogen and oxygen atoms in total. The first-order valence-electron chi connectivity index (χ1n) is 7.43. The van der Waals surface area contributed by atoms with Crippen LogP contribution in [0.2, 0.25) is 0 Å². The van der Waals surface area contributed by atoms with Crippen molar-refractivity contribution in [2.24, 2.45) is 23.2 Å². The lowest BCUT2D eigenvalue weighted by Gasteiger charge is -2.49. The molecular weight excluding hydrogens is 260 g/mol. The molecule has 114 valence electrons. The zero-order valence-electron chi connectivity index (χ0n) is 12.2. The highest BCUT2D eigenvalue weighted by molar-refractivity contribution is 5.77. The Labute approximate surface area is 119 Å². The van der Waals surface area contributed by atoms with Crippen molar-refractivity contribution in [1.29, 1.82) is 0 Å². The molecule has 2 aliphatic carbocycles. The van der Waals surface area contributed by atoms with E-state index in [1.807, 2.05) is 6.92 Å². The van der Waals surface area contributed by atoms with E-state index in [4.69, 9.17) is 14.6 Å². The van der Waals surface area contributed by atoms with Gasteiger partial charge in [0, 0.05) is 0 Å². The van der Waals surface area contributed by atoms with Crippen molar-refractivity contribution in [2.45, 2.75) is 52.1 Å². The molecule has 2 saturated carbocycles. The third-order valence-corrected chi connectivity index (χ3v) is 5.22. The smallest absolute Gasteiger partial charge is 0.314 e. The third-order valence-electron chi connectivity index (χ3n) is 5.22. The molecule has 2 aliphatic rings. The second kappa shape index (κ2) is 6.12. The van der Waals surface area contributed by atoms with E-state index in [1.54, 1.807) is 0 Å². The maximum atomic E-state index is 12.2. The number of rotatable bonds is 5. The van der Waals surface area contributed by atoms with Crippen LogP contribution in [-0.4, -0.2) is 30.4 Å². The first-order valence-corrected chi connectivity index (χ1v) is 7.43.